The molecule has 27 heavy (non-hydrogen) atoms. The molecule has 0 bridgehead atoms. The fraction of sp³-hybridized carbons (Fsp3) is 0.538. The third-order valence-electron chi connectivity index (χ3n) is 3.83. The Bertz CT molecular complexity index is 918. The summed E-state index contributed by atoms with van der Waals surface area (Å²) in [4.78, 5) is 72.1. The van der Waals surface area contributed by atoms with E-state index in [0.717, 1.165) is 4.57 Å². The average Bonchev–Trinajstić information content (AvgIpc) is 3.01. The van der Waals surface area contributed by atoms with E-state index in [2.05, 4.69) is 19.7 Å². The summed E-state index contributed by atoms with van der Waals surface area (Å²) in [6.45, 7) is 2.67. The van der Waals surface area contributed by atoms with E-state index in [9.17, 15) is 29.0 Å². The van der Waals surface area contributed by atoms with Crippen LogP contribution in [0.5, 0.6) is 0 Å². The average molecular weight is 402 g/mol. The zero-order valence-electron chi connectivity index (χ0n) is 14.3. The maximum absolute atomic E-state index is 12.4. The first-order chi connectivity index (χ1) is 12.6. The second kappa shape index (κ2) is 7.99. The van der Waals surface area contributed by atoms with E-state index in [1.54, 1.807) is 0 Å². The maximum Gasteiger partial charge on any atom is 0.520 e. The van der Waals surface area contributed by atoms with Crippen LogP contribution in [0.1, 0.15) is 25.1 Å². The number of carbonyl (C=O) groups excluding carboxylic acids is 2. The van der Waals surface area contributed by atoms with E-state index in [1.807, 2.05) is 0 Å². The first kappa shape index (κ1) is 20.7. The van der Waals surface area contributed by atoms with Gasteiger partial charge in [-0.1, -0.05) is 5.11 Å². The summed E-state index contributed by atoms with van der Waals surface area (Å²) in [5, 5.41) is 3.38. The van der Waals surface area contributed by atoms with Crippen molar-refractivity contribution in [3.63, 3.8) is 0 Å². The van der Waals surface area contributed by atoms with Gasteiger partial charge in [-0.15, -0.1) is 0 Å². The van der Waals surface area contributed by atoms with Gasteiger partial charge in [0.15, 0.2) is 6.10 Å². The summed E-state index contributed by atoms with van der Waals surface area (Å²) >= 11 is 0. The zero-order chi connectivity index (χ0) is 20.4. The molecule has 0 unspecified atom stereocenters. The van der Waals surface area contributed by atoms with Crippen LogP contribution in [0.3, 0.4) is 0 Å². The Morgan fingerprint density at radius 3 is 2.78 bits per heavy atom. The van der Waals surface area contributed by atoms with Crippen LogP contribution in [0.15, 0.2) is 20.9 Å². The van der Waals surface area contributed by atoms with Gasteiger partial charge in [-0.3, -0.25) is 14.3 Å². The molecule has 1 aliphatic rings. The third-order valence-corrected chi connectivity index (χ3v) is 5.33. The second-order valence-corrected chi connectivity index (χ2v) is 7.64. The summed E-state index contributed by atoms with van der Waals surface area (Å²) in [6, 6.07) is -1.21. The molecule has 1 saturated heterocycles. The van der Waals surface area contributed by atoms with Crippen molar-refractivity contribution in [1.29, 1.82) is 0 Å². The van der Waals surface area contributed by atoms with Crippen LogP contribution in [0.2, 0.25) is 0 Å². The molecule has 1 aromatic heterocycles. The van der Waals surface area contributed by atoms with E-state index >= 15 is 0 Å². The number of aromatic amines is 1. The van der Waals surface area contributed by atoms with Crippen molar-refractivity contribution in [1.82, 2.24) is 9.55 Å². The number of aromatic nitrogens is 2. The maximum atomic E-state index is 12.4. The van der Waals surface area contributed by atoms with Crippen molar-refractivity contribution in [2.24, 2.45) is 5.11 Å². The smallest absolute Gasteiger partial charge is 0.432 e. The summed E-state index contributed by atoms with van der Waals surface area (Å²) in [7, 11) is -4.85. The van der Waals surface area contributed by atoms with Gasteiger partial charge in [0.05, 0.1) is 12.6 Å². The standard InChI is InChI=1S/C13H16N5O8P/c1-3-25-13(22)27(23,24)11(20)9-7(16-17-14)4-8(26-9)18-5-6(2)10(19)15-12(18)21/h5,7-9,23-24H,3-4H2,1-2H3/p+1/t7-,8+,9-/m0/s1. The molecule has 3 atom stereocenters. The molecule has 0 aromatic carbocycles. The normalized spacial score (nSPS) is 22.1. The summed E-state index contributed by atoms with van der Waals surface area (Å²) in [5.41, 5.74) is 4.54. The lowest BCUT2D eigenvalue weighted by molar-refractivity contribution is -0.125. The van der Waals surface area contributed by atoms with E-state index in [0.29, 0.717) is 0 Å². The molecule has 0 aliphatic carbocycles. The Labute approximate surface area is 151 Å². The Morgan fingerprint density at radius 2 is 2.19 bits per heavy atom. The van der Waals surface area contributed by atoms with Crippen LogP contribution >= 0.6 is 7.72 Å². The number of aryl methyl sites for hydroxylation is 1. The molecule has 0 spiro atoms. The molecular formula is C13H17N5O8P+. The largest absolute Gasteiger partial charge is 0.520 e. The van der Waals surface area contributed by atoms with Crippen LogP contribution in [0.25, 0.3) is 10.4 Å². The number of rotatable bonds is 6. The van der Waals surface area contributed by atoms with Crippen molar-refractivity contribution in [3.05, 3.63) is 43.0 Å². The van der Waals surface area contributed by atoms with Crippen LogP contribution in [-0.4, -0.2) is 49.3 Å². The molecule has 1 aliphatic heterocycles. The Hall–Kier alpha value is -2.56. The molecule has 146 valence electrons. The van der Waals surface area contributed by atoms with Gasteiger partial charge >= 0.3 is 24.6 Å². The molecule has 14 heteroatoms. The SMILES string of the molecule is CCOC(=O)[P+](O)(O)C(=O)[C@H]1O[C@@H](n2cc(C)c(=O)[nH]c2=O)C[C@@H]1N=[N+]=[N-]. The van der Waals surface area contributed by atoms with Crippen molar-refractivity contribution in [3.8, 4) is 0 Å². The van der Waals surface area contributed by atoms with Crippen LogP contribution < -0.4 is 11.2 Å². The highest BCUT2D eigenvalue weighted by Gasteiger charge is 2.62. The summed E-state index contributed by atoms with van der Waals surface area (Å²) in [5.74, 6) is 0. The van der Waals surface area contributed by atoms with Gasteiger partial charge in [-0.25, -0.2) is 19.4 Å². The molecule has 0 radical (unpaired) electrons. The van der Waals surface area contributed by atoms with E-state index in [1.165, 1.54) is 20.0 Å². The number of carbonyl (C=O) groups is 2. The fourth-order valence-corrected chi connectivity index (χ4v) is 3.58. The summed E-state index contributed by atoms with van der Waals surface area (Å²) < 4.78 is 10.8. The number of hydrogen-bond donors (Lipinski definition) is 3. The Balaban J connectivity index is 2.38. The highest BCUT2D eigenvalue weighted by molar-refractivity contribution is 7.94. The lowest BCUT2D eigenvalue weighted by atomic mass is 10.1. The topological polar surface area (TPSA) is 197 Å². The van der Waals surface area contributed by atoms with E-state index < -0.39 is 48.6 Å². The second-order valence-electron chi connectivity index (χ2n) is 5.64. The minimum Gasteiger partial charge on any atom is -0.432 e. The zero-order valence-corrected chi connectivity index (χ0v) is 15.2. The molecule has 1 fully saturated rings. The molecule has 2 heterocycles. The van der Waals surface area contributed by atoms with Gasteiger partial charge in [0, 0.05) is 23.1 Å². The van der Waals surface area contributed by atoms with Gasteiger partial charge in [-0.05, 0) is 19.4 Å². The van der Waals surface area contributed by atoms with Crippen LogP contribution in [-0.2, 0) is 14.3 Å². The number of nitrogens with zero attached hydrogens (tertiary/aromatic N) is 4. The van der Waals surface area contributed by atoms with Gasteiger partial charge in [-0.2, -0.15) is 4.79 Å². The van der Waals surface area contributed by atoms with E-state index in [-0.39, 0.29) is 18.6 Å². The molecule has 1 aromatic rings. The molecule has 13 nitrogen and oxygen atoms in total. The molecule has 3 N–H and O–H groups in total. The highest BCUT2D eigenvalue weighted by Crippen LogP contribution is 2.55. The number of ether oxygens (including phenoxy) is 2. The fourth-order valence-electron chi connectivity index (χ4n) is 2.50. The van der Waals surface area contributed by atoms with Crippen LogP contribution in [0.4, 0.5) is 4.79 Å². The molecule has 0 amide bonds. The van der Waals surface area contributed by atoms with Crippen molar-refractivity contribution < 1.29 is 28.8 Å². The Kier molecular flexibility index (Phi) is 6.14. The van der Waals surface area contributed by atoms with E-state index in [4.69, 9.17) is 10.3 Å². The van der Waals surface area contributed by atoms with Crippen molar-refractivity contribution >= 4 is 19.0 Å². The third kappa shape index (κ3) is 4.07. The summed E-state index contributed by atoms with van der Waals surface area (Å²) in [6.07, 6.45) is -1.80. The minimum absolute atomic E-state index is 0.172. The monoisotopic (exact) mass is 402 g/mol. The molecule has 0 saturated carbocycles. The van der Waals surface area contributed by atoms with Crippen molar-refractivity contribution in [2.45, 2.75) is 38.6 Å². The first-order valence-electron chi connectivity index (χ1n) is 7.71. The van der Waals surface area contributed by atoms with Gasteiger partial charge in [0.2, 0.25) is 0 Å². The quantitative estimate of drug-likeness (QED) is 0.262. The predicted molar refractivity (Wildman–Crippen MR) is 90.9 cm³/mol. The predicted octanol–water partition coefficient (Wildman–Crippen LogP) is 0.327. The number of nitrogens with one attached hydrogen (secondary N) is 1. The first-order valence-corrected chi connectivity index (χ1v) is 9.40. The Morgan fingerprint density at radius 1 is 1.52 bits per heavy atom. The number of azide groups is 1. The van der Waals surface area contributed by atoms with Gasteiger partial charge < -0.3 is 9.47 Å². The number of hydrogen-bond acceptors (Lipinski definition) is 9. The lowest BCUT2D eigenvalue weighted by Gasteiger charge is -2.16. The number of H-pyrrole nitrogens is 1. The van der Waals surface area contributed by atoms with Gasteiger partial charge in [0.25, 0.3) is 5.56 Å². The van der Waals surface area contributed by atoms with Crippen LogP contribution in [0, 0.1) is 6.92 Å². The molecule has 2 rings (SSSR count). The highest BCUT2D eigenvalue weighted by atomic mass is 31.2. The minimum atomic E-state index is -4.85. The molecular weight excluding hydrogens is 385 g/mol. The van der Waals surface area contributed by atoms with Crippen molar-refractivity contribution in [2.75, 3.05) is 6.61 Å². The lowest BCUT2D eigenvalue weighted by Crippen LogP contribution is -2.35. The van der Waals surface area contributed by atoms with Gasteiger partial charge in [0.1, 0.15) is 6.23 Å².